The summed E-state index contributed by atoms with van der Waals surface area (Å²) in [7, 11) is 0. The second-order valence-corrected chi connectivity index (χ2v) is 4.66. The van der Waals surface area contributed by atoms with Crippen LogP contribution < -0.4 is 5.73 Å². The van der Waals surface area contributed by atoms with E-state index in [4.69, 9.17) is 15.7 Å². The van der Waals surface area contributed by atoms with Crippen molar-refractivity contribution in [2.75, 3.05) is 0 Å². The first kappa shape index (κ1) is 12.2. The van der Waals surface area contributed by atoms with Crippen molar-refractivity contribution in [3.05, 3.63) is 58.2 Å². The number of fused-ring (bicyclic) bond motifs is 1. The summed E-state index contributed by atoms with van der Waals surface area (Å²) in [6, 6.07) is 8.48. The average molecular weight is 266 g/mol. The molecular weight excluding hydrogens is 256 g/mol. The fourth-order valence-corrected chi connectivity index (χ4v) is 2.54. The molecule has 1 heterocycles. The molecule has 20 heavy (non-hydrogen) atoms. The maximum atomic E-state index is 12.5. The number of benzene rings is 1. The lowest BCUT2D eigenvalue weighted by molar-refractivity contribution is 0.0892. The van der Waals surface area contributed by atoms with Gasteiger partial charge in [-0.15, -0.1) is 0 Å². The third-order valence-corrected chi connectivity index (χ3v) is 3.58. The number of carbonyl (C=O) groups is 2. The smallest absolute Gasteiger partial charge is 0.229 e. The Morgan fingerprint density at radius 3 is 2.40 bits per heavy atom. The Balaban J connectivity index is 2.22. The number of nitrogens with two attached hydrogens (primary N) is 1. The van der Waals surface area contributed by atoms with Crippen LogP contribution in [0.2, 0.25) is 0 Å². The molecule has 0 radical (unpaired) electrons. The minimum atomic E-state index is -0.548. The Hall–Kier alpha value is -2.87. The third kappa shape index (κ3) is 1.42. The number of carbonyl (C=O) groups excluding carboxylic acids is 2. The van der Waals surface area contributed by atoms with Crippen LogP contribution in [-0.4, -0.2) is 11.6 Å². The Morgan fingerprint density at radius 2 is 1.80 bits per heavy atom. The second-order valence-electron chi connectivity index (χ2n) is 4.66. The van der Waals surface area contributed by atoms with E-state index >= 15 is 0 Å². The number of hydrogen-bond donors (Lipinski definition) is 1. The van der Waals surface area contributed by atoms with E-state index in [1.54, 1.807) is 31.2 Å². The number of rotatable bonds is 0. The summed E-state index contributed by atoms with van der Waals surface area (Å²) in [5.74, 6) is -1.38. The number of ketones is 2. The van der Waals surface area contributed by atoms with Crippen molar-refractivity contribution in [1.29, 1.82) is 5.26 Å². The van der Waals surface area contributed by atoms with Gasteiger partial charge in [-0.2, -0.15) is 5.26 Å². The van der Waals surface area contributed by atoms with E-state index in [2.05, 4.69) is 0 Å². The molecule has 5 heteroatoms. The number of ether oxygens (including phenoxy) is 1. The van der Waals surface area contributed by atoms with Crippen LogP contribution in [0.4, 0.5) is 0 Å². The normalized spacial score (nSPS) is 21.1. The van der Waals surface area contributed by atoms with E-state index in [0.29, 0.717) is 11.1 Å². The van der Waals surface area contributed by atoms with E-state index in [0.717, 1.165) is 0 Å². The summed E-state index contributed by atoms with van der Waals surface area (Å²) in [5.41, 5.74) is 6.67. The highest BCUT2D eigenvalue weighted by atomic mass is 16.5. The van der Waals surface area contributed by atoms with Crippen molar-refractivity contribution in [1.82, 2.24) is 0 Å². The highest BCUT2D eigenvalue weighted by Gasteiger charge is 2.40. The van der Waals surface area contributed by atoms with Crippen molar-refractivity contribution in [2.24, 2.45) is 11.7 Å². The molecule has 98 valence electrons. The Bertz CT molecular complexity index is 766. The third-order valence-electron chi connectivity index (χ3n) is 3.58. The number of allylic oxidation sites excluding steroid dienone is 3. The summed E-state index contributed by atoms with van der Waals surface area (Å²) in [6.07, 6.45) is 0. The van der Waals surface area contributed by atoms with Crippen LogP contribution in [-0.2, 0) is 4.74 Å². The fourth-order valence-electron chi connectivity index (χ4n) is 2.54. The first-order valence-electron chi connectivity index (χ1n) is 6.06. The summed E-state index contributed by atoms with van der Waals surface area (Å²) in [5, 5.41) is 9.08. The predicted molar refractivity (Wildman–Crippen MR) is 69.2 cm³/mol. The average Bonchev–Trinajstić information content (AvgIpc) is 2.45. The van der Waals surface area contributed by atoms with Gasteiger partial charge < -0.3 is 10.5 Å². The van der Waals surface area contributed by atoms with Crippen LogP contribution in [0.1, 0.15) is 27.6 Å². The molecule has 0 saturated heterocycles. The summed E-state index contributed by atoms with van der Waals surface area (Å²) in [4.78, 5) is 24.9. The Labute approximate surface area is 114 Å². The first-order valence-corrected chi connectivity index (χ1v) is 6.06. The molecule has 0 aromatic heterocycles. The van der Waals surface area contributed by atoms with Gasteiger partial charge in [-0.25, -0.2) is 0 Å². The largest absolute Gasteiger partial charge is 0.436 e. The quantitative estimate of drug-likeness (QED) is 0.771. The van der Waals surface area contributed by atoms with Gasteiger partial charge in [0.1, 0.15) is 6.07 Å². The monoisotopic (exact) mass is 266 g/mol. The molecule has 1 aliphatic heterocycles. The van der Waals surface area contributed by atoms with Crippen LogP contribution in [0.15, 0.2) is 47.1 Å². The topological polar surface area (TPSA) is 93.2 Å². The molecule has 2 aliphatic rings. The Kier molecular flexibility index (Phi) is 2.48. The van der Waals surface area contributed by atoms with Crippen molar-refractivity contribution >= 4 is 11.6 Å². The van der Waals surface area contributed by atoms with E-state index in [1.165, 1.54) is 0 Å². The predicted octanol–water partition coefficient (Wildman–Crippen LogP) is 1.68. The maximum Gasteiger partial charge on any atom is 0.229 e. The molecule has 0 fully saturated rings. The number of Topliss-reactive ketones (excluding diaryl/α,β-unsaturated/α-hetero) is 2. The van der Waals surface area contributed by atoms with Crippen molar-refractivity contribution in [2.45, 2.75) is 6.92 Å². The second kappa shape index (κ2) is 4.07. The van der Waals surface area contributed by atoms with Crippen LogP contribution >= 0.6 is 0 Å². The zero-order valence-corrected chi connectivity index (χ0v) is 10.6. The molecule has 1 atom stereocenters. The summed E-state index contributed by atoms with van der Waals surface area (Å²) >= 11 is 0. The Morgan fingerprint density at radius 1 is 1.20 bits per heavy atom. The highest BCUT2D eigenvalue weighted by molar-refractivity contribution is 6.26. The van der Waals surface area contributed by atoms with Crippen LogP contribution in [0.3, 0.4) is 0 Å². The molecule has 1 aromatic rings. The molecule has 0 spiro atoms. The van der Waals surface area contributed by atoms with Crippen molar-refractivity contribution in [3.8, 4) is 6.07 Å². The zero-order valence-electron chi connectivity index (χ0n) is 10.6. The fraction of sp³-hybridized carbons (Fsp3) is 0.133. The van der Waals surface area contributed by atoms with E-state index in [-0.39, 0.29) is 34.4 Å². The summed E-state index contributed by atoms with van der Waals surface area (Å²) in [6.45, 7) is 1.67. The van der Waals surface area contributed by atoms with Gasteiger partial charge in [0.25, 0.3) is 0 Å². The van der Waals surface area contributed by atoms with Crippen molar-refractivity contribution < 1.29 is 14.3 Å². The first-order chi connectivity index (χ1) is 9.56. The number of hydrogen-bond acceptors (Lipinski definition) is 5. The minimum Gasteiger partial charge on any atom is -0.436 e. The molecule has 1 aliphatic carbocycles. The molecule has 2 N–H and O–H groups in total. The van der Waals surface area contributed by atoms with Gasteiger partial charge in [-0.1, -0.05) is 31.2 Å². The molecule has 5 nitrogen and oxygen atoms in total. The van der Waals surface area contributed by atoms with E-state index in [9.17, 15) is 9.59 Å². The van der Waals surface area contributed by atoms with Gasteiger partial charge in [-0.05, 0) is 0 Å². The molecule has 0 amide bonds. The van der Waals surface area contributed by atoms with Gasteiger partial charge in [-0.3, -0.25) is 9.59 Å². The SMILES string of the molecule is C[C@H]1C(C#N)=C(N)OC2=C1C(=O)c1ccccc1C2=O. The zero-order chi connectivity index (χ0) is 14.4. The summed E-state index contributed by atoms with van der Waals surface area (Å²) < 4.78 is 5.25. The standard InChI is InChI=1S/C15H10N2O3/c1-7-10(6-16)15(17)20-14-11(7)12(18)8-4-2-3-5-9(8)13(14)19/h2-5,7H,17H2,1H3/t7-/m0/s1. The van der Waals surface area contributed by atoms with Crippen LogP contribution in [0.5, 0.6) is 0 Å². The van der Waals surface area contributed by atoms with Gasteiger partial charge >= 0.3 is 0 Å². The van der Waals surface area contributed by atoms with Crippen LogP contribution in [0.25, 0.3) is 0 Å². The van der Waals surface area contributed by atoms with Gasteiger partial charge in [0, 0.05) is 17.0 Å². The molecule has 0 saturated carbocycles. The minimum absolute atomic E-state index is 0.0577. The van der Waals surface area contributed by atoms with E-state index in [1.807, 2.05) is 6.07 Å². The number of nitrogens with zero attached hydrogens (tertiary/aromatic N) is 1. The molecule has 3 rings (SSSR count). The lowest BCUT2D eigenvalue weighted by Crippen LogP contribution is -2.32. The lowest BCUT2D eigenvalue weighted by Gasteiger charge is -2.28. The van der Waals surface area contributed by atoms with Gasteiger partial charge in [0.05, 0.1) is 11.1 Å². The number of nitriles is 1. The van der Waals surface area contributed by atoms with Gasteiger partial charge in [0.2, 0.25) is 11.7 Å². The maximum absolute atomic E-state index is 12.5. The molecular formula is C15H10N2O3. The molecule has 1 aromatic carbocycles. The lowest BCUT2D eigenvalue weighted by atomic mass is 9.79. The molecule has 0 unspecified atom stereocenters. The van der Waals surface area contributed by atoms with Crippen molar-refractivity contribution in [3.63, 3.8) is 0 Å². The van der Waals surface area contributed by atoms with Crippen LogP contribution in [0, 0.1) is 17.2 Å². The molecule has 0 bridgehead atoms. The highest BCUT2D eigenvalue weighted by Crippen LogP contribution is 2.38. The van der Waals surface area contributed by atoms with Gasteiger partial charge in [0.15, 0.2) is 11.5 Å². The van der Waals surface area contributed by atoms with E-state index < -0.39 is 5.92 Å².